The van der Waals surface area contributed by atoms with Crippen molar-refractivity contribution in [2.75, 3.05) is 0 Å². The Morgan fingerprint density at radius 2 is 1.45 bits per heavy atom. The topological polar surface area (TPSA) is 63.3 Å². The fraction of sp³-hybridized carbons (Fsp3) is 0.378. The van der Waals surface area contributed by atoms with Crippen molar-refractivity contribution in [3.63, 3.8) is 0 Å². The number of nitrogens with zero attached hydrogens (tertiary/aromatic N) is 1. The zero-order chi connectivity index (χ0) is 36.4. The zero-order valence-electron chi connectivity index (χ0n) is 31.8. The van der Waals surface area contributed by atoms with Crippen molar-refractivity contribution in [3.8, 4) is 21.9 Å². The summed E-state index contributed by atoms with van der Waals surface area (Å²) in [5.41, 5.74) is 4.74. The molecule has 0 fully saturated rings. The van der Waals surface area contributed by atoms with E-state index in [1.54, 1.807) is 11.3 Å². The molecule has 0 spiro atoms. The zero-order valence-corrected chi connectivity index (χ0v) is 35.0. The Morgan fingerprint density at radius 1 is 0.843 bits per heavy atom. The van der Waals surface area contributed by atoms with E-state index in [-0.39, 0.29) is 47.9 Å². The van der Waals surface area contributed by atoms with Crippen molar-refractivity contribution in [1.82, 2.24) is 4.98 Å². The first kappa shape index (κ1) is 40.2. The molecule has 0 amide bonds. The molecule has 0 aliphatic rings. The molecular formula is C45H52IrNO3S-. The van der Waals surface area contributed by atoms with Crippen molar-refractivity contribution in [2.45, 2.75) is 100 Å². The van der Waals surface area contributed by atoms with Crippen molar-refractivity contribution in [1.29, 1.82) is 0 Å². The van der Waals surface area contributed by atoms with Crippen LogP contribution in [0.1, 0.15) is 99.1 Å². The van der Waals surface area contributed by atoms with Crippen LogP contribution in [0.15, 0.2) is 89.2 Å². The Morgan fingerprint density at radius 3 is 2.06 bits per heavy atom. The first-order valence-corrected chi connectivity index (χ1v) is 18.8. The molecule has 0 bridgehead atoms. The second-order valence-corrected chi connectivity index (χ2v) is 16.1. The molecule has 0 unspecified atom stereocenters. The molecule has 3 aromatic heterocycles. The molecule has 3 aromatic carbocycles. The number of aromatic nitrogens is 1. The van der Waals surface area contributed by atoms with E-state index in [1.807, 2.05) is 53.8 Å². The number of rotatable bonds is 9. The average molecular weight is 879 g/mol. The molecule has 6 rings (SSSR count). The number of aliphatic hydroxyl groups is 1. The first-order chi connectivity index (χ1) is 23.7. The minimum absolute atomic E-state index is 0. The van der Waals surface area contributed by atoms with Gasteiger partial charge in [-0.15, -0.1) is 40.5 Å². The van der Waals surface area contributed by atoms with E-state index in [1.165, 1.54) is 37.6 Å². The number of benzene rings is 3. The Balaban J connectivity index is 0.000000279. The number of aryl methyl sites for hydroxylation is 1. The summed E-state index contributed by atoms with van der Waals surface area (Å²) in [6, 6.07) is 27.0. The van der Waals surface area contributed by atoms with Crippen LogP contribution >= 0.6 is 11.3 Å². The molecule has 0 saturated heterocycles. The van der Waals surface area contributed by atoms with Gasteiger partial charge in [0.2, 0.25) is 0 Å². The van der Waals surface area contributed by atoms with Gasteiger partial charge in [-0.2, -0.15) is 0 Å². The third kappa shape index (κ3) is 8.09. The Kier molecular flexibility index (Phi) is 12.6. The molecule has 0 aliphatic carbocycles. The summed E-state index contributed by atoms with van der Waals surface area (Å²) in [5.74, 6) is 1.18. The molecular weight excluding hydrogens is 827 g/mol. The molecule has 51 heavy (non-hydrogen) atoms. The van der Waals surface area contributed by atoms with Crippen LogP contribution in [-0.4, -0.2) is 15.9 Å². The number of hydrogen-bond acceptors (Lipinski definition) is 5. The molecule has 0 aliphatic heterocycles. The maximum Gasteiger partial charge on any atom is 0.164 e. The third-order valence-corrected chi connectivity index (χ3v) is 12.2. The summed E-state index contributed by atoms with van der Waals surface area (Å²) >= 11 is 1.78. The van der Waals surface area contributed by atoms with Gasteiger partial charge in [0.15, 0.2) is 5.78 Å². The number of thiophene rings is 1. The van der Waals surface area contributed by atoms with E-state index in [2.05, 4.69) is 94.4 Å². The van der Waals surface area contributed by atoms with Crippen LogP contribution in [0.25, 0.3) is 53.7 Å². The van der Waals surface area contributed by atoms with E-state index < -0.39 is 0 Å². The molecule has 6 heteroatoms. The minimum atomic E-state index is -0.337. The maximum atomic E-state index is 12.2. The van der Waals surface area contributed by atoms with Gasteiger partial charge in [0.25, 0.3) is 0 Å². The van der Waals surface area contributed by atoms with Crippen LogP contribution in [0, 0.1) is 23.8 Å². The van der Waals surface area contributed by atoms with Crippen molar-refractivity contribution in [2.24, 2.45) is 10.8 Å². The van der Waals surface area contributed by atoms with Crippen LogP contribution in [0.4, 0.5) is 0 Å². The fourth-order valence-electron chi connectivity index (χ4n) is 6.36. The minimum Gasteiger partial charge on any atom is -0.512 e. The summed E-state index contributed by atoms with van der Waals surface area (Å²) in [6.07, 6.45) is 6.59. The number of ketones is 1. The number of fused-ring (bicyclic) bond motifs is 3. The van der Waals surface area contributed by atoms with Gasteiger partial charge >= 0.3 is 0 Å². The molecule has 6 aromatic rings. The molecule has 1 radical (unpaired) electrons. The molecule has 4 nitrogen and oxygen atoms in total. The molecule has 271 valence electrons. The summed E-state index contributed by atoms with van der Waals surface area (Å²) in [4.78, 5) is 18.1. The molecule has 1 N–H and O–H groups in total. The Hall–Kier alpha value is -3.57. The van der Waals surface area contributed by atoms with Gasteiger partial charge in [-0.25, -0.2) is 0 Å². The van der Waals surface area contributed by atoms with Gasteiger partial charge in [-0.05, 0) is 67.2 Å². The number of furan rings is 1. The van der Waals surface area contributed by atoms with Gasteiger partial charge in [-0.1, -0.05) is 110 Å². The normalized spacial score (nSPS) is 12.5. The number of aliphatic hydroxyl groups excluding tert-OH is 1. The quantitative estimate of drug-likeness (QED) is 0.0893. The van der Waals surface area contributed by atoms with Crippen molar-refractivity contribution < 1.29 is 34.4 Å². The fourth-order valence-corrected chi connectivity index (χ4v) is 7.52. The van der Waals surface area contributed by atoms with Gasteiger partial charge < -0.3 is 9.52 Å². The monoisotopic (exact) mass is 879 g/mol. The summed E-state index contributed by atoms with van der Waals surface area (Å²) in [7, 11) is 0. The van der Waals surface area contributed by atoms with Gasteiger partial charge in [0.1, 0.15) is 17.1 Å². The SMILES string of the molecule is CCC(C)(CC)C(=O)/C=C(\O)C(C)(CC)CC.Cc1c(-c2cc3c(-c4[c-]c5ccccc5c(C(C)(C)C)c4)nccc3o2)sc2ccccc12.[Ir]. The average Bonchev–Trinajstić information content (AvgIpc) is 3.71. The maximum absolute atomic E-state index is 12.2. The second kappa shape index (κ2) is 16.0. The summed E-state index contributed by atoms with van der Waals surface area (Å²) < 4.78 is 7.65. The number of carbonyl (C=O) groups excluding carboxylic acids is 1. The van der Waals surface area contributed by atoms with E-state index >= 15 is 0 Å². The first-order valence-electron chi connectivity index (χ1n) is 18.0. The predicted molar refractivity (Wildman–Crippen MR) is 213 cm³/mol. The number of pyridine rings is 1. The number of carbonyl (C=O) groups is 1. The van der Waals surface area contributed by atoms with Crippen molar-refractivity contribution >= 4 is 48.9 Å². The van der Waals surface area contributed by atoms with Gasteiger partial charge in [0.05, 0.1) is 4.88 Å². The van der Waals surface area contributed by atoms with E-state index in [0.717, 1.165) is 59.1 Å². The van der Waals surface area contributed by atoms with E-state index in [0.29, 0.717) is 0 Å². The van der Waals surface area contributed by atoms with E-state index in [9.17, 15) is 9.90 Å². The Labute approximate surface area is 321 Å². The predicted octanol–water partition coefficient (Wildman–Crippen LogP) is 13.6. The van der Waals surface area contributed by atoms with E-state index in [4.69, 9.17) is 9.40 Å². The second-order valence-electron chi connectivity index (χ2n) is 15.1. The van der Waals surface area contributed by atoms with Gasteiger partial charge in [0, 0.05) is 59.0 Å². The largest absolute Gasteiger partial charge is 0.512 e. The van der Waals surface area contributed by atoms with Crippen molar-refractivity contribution in [3.05, 3.63) is 102 Å². The van der Waals surface area contributed by atoms with Crippen LogP contribution < -0.4 is 0 Å². The number of hydrogen-bond donors (Lipinski definition) is 1. The van der Waals surface area contributed by atoms with Crippen LogP contribution in [0.3, 0.4) is 0 Å². The molecule has 3 heterocycles. The van der Waals surface area contributed by atoms with Crippen LogP contribution in [-0.2, 0) is 30.3 Å². The Bertz CT molecular complexity index is 2170. The standard InChI is InChI=1S/C30H24NOS.C15H28O2.Ir/c1-18-21-10-7-8-12-27(21)33-29(18)26-17-23-25(32-26)13-14-31-28(23)20-15-19-9-5-6-11-22(19)24(16-20)30(2,3)4;1-7-14(5,8-2)12(16)11-13(17)15(6,9-3)10-4;/h5-14,16-17H,1-4H3;11,16H,7-10H2,1-6H3;/q-1;;/b;12-11-;. The third-order valence-electron chi connectivity index (χ3n) is 11.0. The smallest absolute Gasteiger partial charge is 0.164 e. The van der Waals surface area contributed by atoms with Crippen LogP contribution in [0.2, 0.25) is 0 Å². The summed E-state index contributed by atoms with van der Waals surface area (Å²) in [6.45, 7) is 21.0. The molecule has 0 atom stereocenters. The number of allylic oxidation sites excluding steroid dienone is 2. The summed E-state index contributed by atoms with van der Waals surface area (Å²) in [5, 5.41) is 14.8. The molecule has 0 saturated carbocycles. The van der Waals surface area contributed by atoms with Gasteiger partial charge in [-0.3, -0.25) is 9.78 Å². The van der Waals surface area contributed by atoms with Crippen LogP contribution in [0.5, 0.6) is 0 Å².